The lowest BCUT2D eigenvalue weighted by Crippen LogP contribution is -2.36. The summed E-state index contributed by atoms with van der Waals surface area (Å²) in [5.74, 6) is 1.68. The van der Waals surface area contributed by atoms with Crippen LogP contribution in [0.5, 0.6) is 11.5 Å². The van der Waals surface area contributed by atoms with E-state index in [4.69, 9.17) is 9.47 Å². The first-order valence-electron chi connectivity index (χ1n) is 8.15. The highest BCUT2D eigenvalue weighted by molar-refractivity contribution is 5.97. The predicted octanol–water partition coefficient (Wildman–Crippen LogP) is 3.40. The summed E-state index contributed by atoms with van der Waals surface area (Å²) in [7, 11) is 0. The van der Waals surface area contributed by atoms with Gasteiger partial charge in [-0.1, -0.05) is 30.3 Å². The van der Waals surface area contributed by atoms with E-state index in [0.717, 1.165) is 41.2 Å². The summed E-state index contributed by atoms with van der Waals surface area (Å²) in [6.07, 6.45) is 2.79. The van der Waals surface area contributed by atoms with Gasteiger partial charge in [-0.05, 0) is 48.2 Å². The number of rotatable bonds is 2. The van der Waals surface area contributed by atoms with Crippen LogP contribution < -0.4 is 9.47 Å². The Balaban J connectivity index is 1.54. The van der Waals surface area contributed by atoms with E-state index in [9.17, 15) is 4.79 Å². The highest BCUT2D eigenvalue weighted by atomic mass is 16.7. The van der Waals surface area contributed by atoms with Gasteiger partial charge in [-0.25, -0.2) is 0 Å². The minimum atomic E-state index is 0.0853. The number of carbonyl (C=O) groups excluding carboxylic acids is 1. The highest BCUT2D eigenvalue weighted by Gasteiger charge is 2.25. The normalized spacial score (nSPS) is 16.0. The van der Waals surface area contributed by atoms with Crippen molar-refractivity contribution in [1.29, 1.82) is 0 Å². The molecule has 0 saturated carbocycles. The lowest BCUT2D eigenvalue weighted by atomic mass is 9.98. The molecule has 0 aliphatic carbocycles. The van der Waals surface area contributed by atoms with Gasteiger partial charge in [-0.2, -0.15) is 0 Å². The fourth-order valence-corrected chi connectivity index (χ4v) is 3.23. The first kappa shape index (κ1) is 14.8. The number of ether oxygens (including phenoxy) is 2. The van der Waals surface area contributed by atoms with Crippen LogP contribution in [0.1, 0.15) is 23.6 Å². The number of hydrogen-bond donors (Lipinski definition) is 0. The van der Waals surface area contributed by atoms with Crippen LogP contribution in [-0.2, 0) is 17.8 Å². The summed E-state index contributed by atoms with van der Waals surface area (Å²) in [4.78, 5) is 14.6. The van der Waals surface area contributed by atoms with Crippen molar-refractivity contribution in [1.82, 2.24) is 4.90 Å². The van der Waals surface area contributed by atoms with Crippen LogP contribution in [0.2, 0.25) is 0 Å². The van der Waals surface area contributed by atoms with Crippen LogP contribution in [0, 0.1) is 0 Å². The van der Waals surface area contributed by atoms with Crippen LogP contribution >= 0.6 is 0 Å². The molecule has 0 aromatic heterocycles. The van der Waals surface area contributed by atoms with Crippen molar-refractivity contribution in [3.05, 3.63) is 64.7 Å². The van der Waals surface area contributed by atoms with Crippen molar-refractivity contribution < 1.29 is 14.3 Å². The lowest BCUT2D eigenvalue weighted by Gasteiger charge is -2.29. The molecule has 0 N–H and O–H groups in total. The van der Waals surface area contributed by atoms with E-state index in [1.807, 2.05) is 60.4 Å². The highest BCUT2D eigenvalue weighted by Crippen LogP contribution is 2.36. The van der Waals surface area contributed by atoms with E-state index in [1.54, 1.807) is 0 Å². The molecule has 0 atom stereocenters. The van der Waals surface area contributed by atoms with Gasteiger partial charge < -0.3 is 14.4 Å². The Morgan fingerprint density at radius 2 is 1.79 bits per heavy atom. The molecule has 2 aromatic rings. The van der Waals surface area contributed by atoms with Gasteiger partial charge in [0.05, 0.1) is 0 Å². The minimum Gasteiger partial charge on any atom is -0.454 e. The summed E-state index contributed by atoms with van der Waals surface area (Å²) >= 11 is 0. The first-order valence-corrected chi connectivity index (χ1v) is 8.15. The zero-order valence-electron chi connectivity index (χ0n) is 13.6. The van der Waals surface area contributed by atoms with Gasteiger partial charge in [0, 0.05) is 18.7 Å². The van der Waals surface area contributed by atoms with E-state index < -0.39 is 0 Å². The summed E-state index contributed by atoms with van der Waals surface area (Å²) in [5.41, 5.74) is 4.19. The second-order valence-corrected chi connectivity index (χ2v) is 6.19. The van der Waals surface area contributed by atoms with Crippen molar-refractivity contribution in [2.24, 2.45) is 0 Å². The molecular weight excluding hydrogens is 302 g/mol. The van der Waals surface area contributed by atoms with Crippen LogP contribution in [-0.4, -0.2) is 24.1 Å². The van der Waals surface area contributed by atoms with E-state index in [1.165, 1.54) is 5.56 Å². The van der Waals surface area contributed by atoms with Gasteiger partial charge >= 0.3 is 0 Å². The van der Waals surface area contributed by atoms with Gasteiger partial charge in [0.2, 0.25) is 12.7 Å². The van der Waals surface area contributed by atoms with Crippen molar-refractivity contribution in [3.63, 3.8) is 0 Å². The monoisotopic (exact) mass is 321 g/mol. The van der Waals surface area contributed by atoms with Crippen LogP contribution in [0.15, 0.2) is 48.0 Å². The van der Waals surface area contributed by atoms with Gasteiger partial charge in [0.15, 0.2) is 11.5 Å². The summed E-state index contributed by atoms with van der Waals surface area (Å²) in [6.45, 7) is 3.50. The van der Waals surface area contributed by atoms with Crippen LogP contribution in [0.3, 0.4) is 0 Å². The minimum absolute atomic E-state index is 0.0853. The Hall–Kier alpha value is -2.75. The fraction of sp³-hybridized carbons (Fsp3) is 0.250. The van der Waals surface area contributed by atoms with Crippen molar-refractivity contribution in [2.45, 2.75) is 19.9 Å². The molecule has 2 heterocycles. The van der Waals surface area contributed by atoms with Gasteiger partial charge in [0.25, 0.3) is 0 Å². The lowest BCUT2D eigenvalue weighted by molar-refractivity contribution is -0.127. The quantitative estimate of drug-likeness (QED) is 0.796. The standard InChI is InChI=1S/C20H19NO3/c1-14(9-15-5-3-2-4-6-15)20(22)21-8-7-16-10-18-19(24-13-23-18)11-17(16)12-21/h2-6,9-11H,7-8,12-13H2,1H3/b14-9+. The molecule has 4 heteroatoms. The van der Waals surface area contributed by atoms with E-state index in [-0.39, 0.29) is 12.7 Å². The second kappa shape index (κ2) is 6.04. The molecule has 0 fully saturated rings. The Kier molecular flexibility index (Phi) is 3.73. The van der Waals surface area contributed by atoms with Crippen molar-refractivity contribution >= 4 is 12.0 Å². The Bertz CT molecular complexity index is 811. The third-order valence-electron chi connectivity index (χ3n) is 4.51. The summed E-state index contributed by atoms with van der Waals surface area (Å²) in [6, 6.07) is 14.0. The average molecular weight is 321 g/mol. The van der Waals surface area contributed by atoms with E-state index in [0.29, 0.717) is 6.54 Å². The maximum Gasteiger partial charge on any atom is 0.249 e. The predicted molar refractivity (Wildman–Crippen MR) is 91.8 cm³/mol. The number of nitrogens with zero attached hydrogens (tertiary/aromatic N) is 1. The number of hydrogen-bond acceptors (Lipinski definition) is 3. The molecule has 2 aromatic carbocycles. The number of fused-ring (bicyclic) bond motifs is 2. The molecular formula is C20H19NO3. The average Bonchev–Trinajstić information content (AvgIpc) is 3.06. The first-order chi connectivity index (χ1) is 11.7. The van der Waals surface area contributed by atoms with E-state index in [2.05, 4.69) is 0 Å². The van der Waals surface area contributed by atoms with Gasteiger partial charge in [0.1, 0.15) is 0 Å². The number of benzene rings is 2. The SMILES string of the molecule is C/C(=C\c1ccccc1)C(=O)N1CCc2cc3c(cc2C1)OCO3. The molecule has 0 bridgehead atoms. The largest absolute Gasteiger partial charge is 0.454 e. The molecule has 1 amide bonds. The molecule has 0 unspecified atom stereocenters. The smallest absolute Gasteiger partial charge is 0.249 e. The molecule has 2 aliphatic heterocycles. The number of amides is 1. The maximum atomic E-state index is 12.7. The topological polar surface area (TPSA) is 38.8 Å². The molecule has 0 radical (unpaired) electrons. The Morgan fingerprint density at radius 1 is 1.08 bits per heavy atom. The Morgan fingerprint density at radius 3 is 2.54 bits per heavy atom. The van der Waals surface area contributed by atoms with Crippen molar-refractivity contribution in [3.8, 4) is 11.5 Å². The summed E-state index contributed by atoms with van der Waals surface area (Å²) in [5, 5.41) is 0. The molecule has 122 valence electrons. The van der Waals surface area contributed by atoms with Crippen LogP contribution in [0.25, 0.3) is 6.08 Å². The molecule has 0 saturated heterocycles. The molecule has 4 rings (SSSR count). The second-order valence-electron chi connectivity index (χ2n) is 6.19. The Labute approximate surface area is 141 Å². The zero-order chi connectivity index (χ0) is 16.5. The zero-order valence-corrected chi connectivity index (χ0v) is 13.6. The van der Waals surface area contributed by atoms with Gasteiger partial charge in [-0.15, -0.1) is 0 Å². The van der Waals surface area contributed by atoms with Crippen molar-refractivity contribution in [2.75, 3.05) is 13.3 Å². The fourth-order valence-electron chi connectivity index (χ4n) is 3.23. The van der Waals surface area contributed by atoms with E-state index >= 15 is 0 Å². The summed E-state index contributed by atoms with van der Waals surface area (Å²) < 4.78 is 10.9. The molecule has 0 spiro atoms. The third kappa shape index (κ3) is 2.75. The molecule has 2 aliphatic rings. The van der Waals surface area contributed by atoms with Crippen LogP contribution in [0.4, 0.5) is 0 Å². The molecule has 4 nitrogen and oxygen atoms in total. The maximum absolute atomic E-state index is 12.7. The number of carbonyl (C=O) groups is 1. The third-order valence-corrected chi connectivity index (χ3v) is 4.51. The van der Waals surface area contributed by atoms with Gasteiger partial charge in [-0.3, -0.25) is 4.79 Å². The molecule has 24 heavy (non-hydrogen) atoms.